The first-order valence-corrected chi connectivity index (χ1v) is 13.0. The lowest BCUT2D eigenvalue weighted by atomic mass is 10.0. The largest absolute Gasteiger partial charge is 0.496 e. The summed E-state index contributed by atoms with van der Waals surface area (Å²) in [6, 6.07) is 13.5. The van der Waals surface area contributed by atoms with Gasteiger partial charge in [0.1, 0.15) is 5.75 Å². The quantitative estimate of drug-likeness (QED) is 0.410. The van der Waals surface area contributed by atoms with Crippen LogP contribution in [0.15, 0.2) is 48.7 Å². The lowest BCUT2D eigenvalue weighted by Crippen LogP contribution is -2.36. The van der Waals surface area contributed by atoms with Gasteiger partial charge in [0.25, 0.3) is 5.91 Å². The number of carbonyl (C=O) groups excluding carboxylic acids is 1. The summed E-state index contributed by atoms with van der Waals surface area (Å²) < 4.78 is 14.1. The maximum Gasteiger partial charge on any atom is 0.261 e. The predicted molar refractivity (Wildman–Crippen MR) is 142 cm³/mol. The summed E-state index contributed by atoms with van der Waals surface area (Å²) in [7, 11) is 1.76. The van der Waals surface area contributed by atoms with Crippen molar-refractivity contribution in [2.45, 2.75) is 46.3 Å². The molecule has 1 aromatic heterocycles. The number of H-pyrrole nitrogens is 1. The smallest absolute Gasteiger partial charge is 0.261 e. The number of ether oxygens (including phenoxy) is 2. The molecule has 2 N–H and O–H groups in total. The Morgan fingerprint density at radius 3 is 2.56 bits per heavy atom. The van der Waals surface area contributed by atoms with Gasteiger partial charge in [-0.15, -0.1) is 0 Å². The predicted octanol–water partition coefficient (Wildman–Crippen LogP) is 5.57. The summed E-state index contributed by atoms with van der Waals surface area (Å²) in [4.78, 5) is 17.1. The minimum absolute atomic E-state index is 0.0255. The highest BCUT2D eigenvalue weighted by Crippen LogP contribution is 2.32. The van der Waals surface area contributed by atoms with Crippen molar-refractivity contribution in [3.63, 3.8) is 0 Å². The first-order valence-electron chi connectivity index (χ1n) is 12.0. The van der Waals surface area contributed by atoms with E-state index in [1.54, 1.807) is 19.2 Å². The van der Waals surface area contributed by atoms with E-state index in [0.717, 1.165) is 50.6 Å². The summed E-state index contributed by atoms with van der Waals surface area (Å²) in [5.74, 6) is 1.86. The number of amides is 1. The van der Waals surface area contributed by atoms with Crippen molar-refractivity contribution in [3.05, 3.63) is 65.4 Å². The van der Waals surface area contributed by atoms with Crippen LogP contribution in [0.2, 0.25) is 0 Å². The van der Waals surface area contributed by atoms with Gasteiger partial charge in [0.2, 0.25) is 0 Å². The molecule has 3 aromatic rings. The molecule has 1 saturated heterocycles. The van der Waals surface area contributed by atoms with E-state index >= 15 is 0 Å². The molecule has 1 amide bonds. The van der Waals surface area contributed by atoms with Crippen LogP contribution in [-0.4, -0.2) is 54.5 Å². The minimum atomic E-state index is -0.0255. The molecule has 1 aliphatic heterocycles. The second kappa shape index (κ2) is 13.4. The summed E-state index contributed by atoms with van der Waals surface area (Å²) in [5, 5.41) is 1.28. The van der Waals surface area contributed by atoms with Crippen LogP contribution >= 0.6 is 11.9 Å². The maximum absolute atomic E-state index is 11.3. The van der Waals surface area contributed by atoms with Gasteiger partial charge in [-0.3, -0.25) is 14.4 Å². The highest BCUT2D eigenvalue weighted by molar-refractivity contribution is 7.97. The number of hydrogen-bond acceptors (Lipinski definition) is 5. The Morgan fingerprint density at radius 1 is 1.18 bits per heavy atom. The molecule has 34 heavy (non-hydrogen) atoms. The van der Waals surface area contributed by atoms with E-state index in [4.69, 9.17) is 9.47 Å². The van der Waals surface area contributed by atoms with Crippen LogP contribution in [0, 0.1) is 6.92 Å². The van der Waals surface area contributed by atoms with Crippen LogP contribution in [0.3, 0.4) is 0 Å². The first kappa shape index (κ1) is 26.1. The van der Waals surface area contributed by atoms with Crippen LogP contribution < -0.4 is 9.46 Å². The Hall–Kier alpha value is -2.48. The van der Waals surface area contributed by atoms with E-state index in [9.17, 15) is 4.79 Å². The monoisotopic (exact) mass is 483 g/mol. The van der Waals surface area contributed by atoms with E-state index < -0.39 is 0 Å². The fourth-order valence-corrected chi connectivity index (χ4v) is 4.65. The molecule has 0 saturated carbocycles. The Labute approximate surface area is 207 Å². The fourth-order valence-electron chi connectivity index (χ4n) is 4.26. The van der Waals surface area contributed by atoms with Gasteiger partial charge in [-0.2, -0.15) is 0 Å². The third kappa shape index (κ3) is 7.01. The van der Waals surface area contributed by atoms with E-state index in [1.807, 2.05) is 31.3 Å². The van der Waals surface area contributed by atoms with Crippen LogP contribution in [0.1, 0.15) is 48.2 Å². The number of aromatic amines is 1. The van der Waals surface area contributed by atoms with Gasteiger partial charge < -0.3 is 14.5 Å². The molecule has 1 aliphatic rings. The zero-order valence-electron chi connectivity index (χ0n) is 20.7. The van der Waals surface area contributed by atoms with Crippen LogP contribution in [-0.2, 0) is 11.3 Å². The molecule has 4 rings (SSSR count). The van der Waals surface area contributed by atoms with E-state index in [-0.39, 0.29) is 5.91 Å². The van der Waals surface area contributed by atoms with Gasteiger partial charge in [0.15, 0.2) is 0 Å². The second-order valence-electron chi connectivity index (χ2n) is 8.30. The summed E-state index contributed by atoms with van der Waals surface area (Å²) in [5.41, 5.74) is 4.45. The standard InChI is InChI=1S/C18H26N2O2.C9H11NOS/c1-4-22-14-6-9-20(10-7-14)12-16-15-5-8-19-18(15)13(2)11-17(16)21-3;1-2-12-10-9(11)8-6-4-3-5-7-8/h5,8,11,14,19H,4,6-7,9-10,12H2,1-3H3;3-7H,2H2,1H3,(H,10,11). The van der Waals surface area contributed by atoms with Gasteiger partial charge in [0.05, 0.1) is 13.2 Å². The molecule has 2 heterocycles. The van der Waals surface area contributed by atoms with Crippen molar-refractivity contribution in [3.8, 4) is 5.75 Å². The van der Waals surface area contributed by atoms with Crippen molar-refractivity contribution < 1.29 is 14.3 Å². The van der Waals surface area contributed by atoms with Gasteiger partial charge >= 0.3 is 0 Å². The summed E-state index contributed by atoms with van der Waals surface area (Å²) in [6.45, 7) is 10.1. The van der Waals surface area contributed by atoms with Gasteiger partial charge in [0, 0.05) is 60.2 Å². The van der Waals surface area contributed by atoms with Crippen molar-refractivity contribution in [2.24, 2.45) is 0 Å². The van der Waals surface area contributed by atoms with Crippen molar-refractivity contribution in [2.75, 3.05) is 32.6 Å². The number of hydrogen-bond donors (Lipinski definition) is 2. The van der Waals surface area contributed by atoms with Crippen LogP contribution in [0.25, 0.3) is 10.9 Å². The molecular formula is C27H37N3O3S. The molecule has 0 spiro atoms. The second-order valence-corrected chi connectivity index (χ2v) is 9.37. The van der Waals surface area contributed by atoms with E-state index in [2.05, 4.69) is 40.6 Å². The molecule has 6 nitrogen and oxygen atoms in total. The summed E-state index contributed by atoms with van der Waals surface area (Å²) in [6.07, 6.45) is 4.70. The van der Waals surface area contributed by atoms with Crippen LogP contribution in [0.5, 0.6) is 5.75 Å². The minimum Gasteiger partial charge on any atom is -0.496 e. The van der Waals surface area contributed by atoms with Gasteiger partial charge in [-0.05, 0) is 56.5 Å². The molecule has 7 heteroatoms. The third-order valence-corrected chi connectivity index (χ3v) is 6.61. The fraction of sp³-hybridized carbons (Fsp3) is 0.444. The topological polar surface area (TPSA) is 66.6 Å². The molecule has 0 atom stereocenters. The number of carbonyl (C=O) groups is 1. The van der Waals surface area contributed by atoms with Gasteiger partial charge in [-0.25, -0.2) is 0 Å². The van der Waals surface area contributed by atoms with Crippen LogP contribution in [0.4, 0.5) is 0 Å². The number of aryl methyl sites for hydroxylation is 1. The first-order chi connectivity index (χ1) is 16.6. The molecule has 0 unspecified atom stereocenters. The average Bonchev–Trinajstić information content (AvgIpc) is 3.37. The Morgan fingerprint density at radius 2 is 1.91 bits per heavy atom. The number of likely N-dealkylation sites (tertiary alicyclic amines) is 1. The number of nitrogens with zero attached hydrogens (tertiary/aromatic N) is 1. The molecule has 184 valence electrons. The highest BCUT2D eigenvalue weighted by atomic mass is 32.2. The van der Waals surface area contributed by atoms with Crippen molar-refractivity contribution >= 4 is 28.8 Å². The van der Waals surface area contributed by atoms with Crippen molar-refractivity contribution in [1.29, 1.82) is 0 Å². The SMILES string of the molecule is CCOC1CCN(Cc2c(OC)cc(C)c3[nH]ccc23)CC1.CCSNC(=O)c1ccccc1. The highest BCUT2D eigenvalue weighted by Gasteiger charge is 2.21. The Bertz CT molecular complexity index is 1030. The summed E-state index contributed by atoms with van der Waals surface area (Å²) >= 11 is 1.41. The number of aromatic nitrogens is 1. The number of nitrogens with one attached hydrogen (secondary N) is 2. The average molecular weight is 484 g/mol. The lowest BCUT2D eigenvalue weighted by molar-refractivity contribution is 0.0125. The maximum atomic E-state index is 11.3. The molecule has 1 fully saturated rings. The Kier molecular flexibility index (Phi) is 10.3. The molecule has 2 aromatic carbocycles. The zero-order valence-corrected chi connectivity index (χ0v) is 21.5. The molecule has 0 aliphatic carbocycles. The molecular weight excluding hydrogens is 446 g/mol. The number of piperidine rings is 1. The zero-order chi connectivity index (χ0) is 24.3. The lowest BCUT2D eigenvalue weighted by Gasteiger charge is -2.32. The number of benzene rings is 2. The molecule has 0 radical (unpaired) electrons. The van der Waals surface area contributed by atoms with E-state index in [1.165, 1.54) is 34.0 Å². The number of methoxy groups -OCH3 is 1. The Balaban J connectivity index is 0.000000229. The van der Waals surface area contributed by atoms with Crippen molar-refractivity contribution in [1.82, 2.24) is 14.6 Å². The number of fused-ring (bicyclic) bond motifs is 1. The third-order valence-electron chi connectivity index (χ3n) is 6.00. The number of rotatable bonds is 8. The van der Waals surface area contributed by atoms with Gasteiger partial charge in [-0.1, -0.05) is 37.1 Å². The molecule has 0 bridgehead atoms. The van der Waals surface area contributed by atoms with E-state index in [0.29, 0.717) is 11.7 Å². The normalized spacial score (nSPS) is 14.5.